The molecule has 1 saturated carbocycles. The lowest BCUT2D eigenvalue weighted by Crippen LogP contribution is -2.41. The first kappa shape index (κ1) is 13.5. The molecule has 16 heavy (non-hydrogen) atoms. The van der Waals surface area contributed by atoms with Gasteiger partial charge in [-0.25, -0.2) is 0 Å². The Kier molecular flexibility index (Phi) is 4.82. The van der Waals surface area contributed by atoms with Crippen LogP contribution in [0, 0.1) is 17.3 Å². The second kappa shape index (κ2) is 5.70. The van der Waals surface area contributed by atoms with Gasteiger partial charge in [0, 0.05) is 0 Å². The average Bonchev–Trinajstić information content (AvgIpc) is 2.31. The fourth-order valence-corrected chi connectivity index (χ4v) is 3.47. The summed E-state index contributed by atoms with van der Waals surface area (Å²) < 4.78 is 0. The molecule has 0 aromatic heterocycles. The maximum Gasteiger partial charge on any atom is 0.309 e. The van der Waals surface area contributed by atoms with Crippen molar-refractivity contribution in [1.82, 2.24) is 0 Å². The molecule has 2 nitrogen and oxygen atoms in total. The predicted molar refractivity (Wildman–Crippen MR) is 66.4 cm³/mol. The molecule has 94 valence electrons. The topological polar surface area (TPSA) is 37.3 Å². The molecule has 2 heteroatoms. The first-order chi connectivity index (χ1) is 7.60. The van der Waals surface area contributed by atoms with Crippen LogP contribution in [0.4, 0.5) is 0 Å². The number of carboxylic acids is 1. The van der Waals surface area contributed by atoms with Crippen LogP contribution in [0.5, 0.6) is 0 Å². The van der Waals surface area contributed by atoms with Crippen molar-refractivity contribution in [2.45, 2.75) is 65.7 Å². The molecule has 0 aromatic rings. The molecule has 0 radical (unpaired) electrons. The monoisotopic (exact) mass is 226 g/mol. The van der Waals surface area contributed by atoms with Gasteiger partial charge in [-0.15, -0.1) is 0 Å². The normalized spacial score (nSPS) is 30.6. The third-order valence-electron chi connectivity index (χ3n) is 4.77. The highest BCUT2D eigenvalue weighted by atomic mass is 16.4. The van der Waals surface area contributed by atoms with Crippen molar-refractivity contribution in [3.8, 4) is 0 Å². The highest BCUT2D eigenvalue weighted by Crippen LogP contribution is 2.47. The minimum atomic E-state index is -0.546. The lowest BCUT2D eigenvalue weighted by Gasteiger charge is -2.41. The molecular weight excluding hydrogens is 200 g/mol. The van der Waals surface area contributed by atoms with Gasteiger partial charge >= 0.3 is 5.97 Å². The largest absolute Gasteiger partial charge is 0.481 e. The fourth-order valence-electron chi connectivity index (χ4n) is 3.47. The van der Waals surface area contributed by atoms with Crippen molar-refractivity contribution in [1.29, 1.82) is 0 Å². The second-order valence-electron chi connectivity index (χ2n) is 5.33. The summed E-state index contributed by atoms with van der Waals surface area (Å²) in [4.78, 5) is 11.6. The van der Waals surface area contributed by atoms with E-state index >= 15 is 0 Å². The Morgan fingerprint density at radius 1 is 1.25 bits per heavy atom. The Hall–Kier alpha value is -0.530. The number of hydrogen-bond acceptors (Lipinski definition) is 1. The molecule has 0 spiro atoms. The quantitative estimate of drug-likeness (QED) is 0.766. The van der Waals surface area contributed by atoms with Crippen molar-refractivity contribution >= 4 is 5.97 Å². The second-order valence-corrected chi connectivity index (χ2v) is 5.33. The van der Waals surface area contributed by atoms with E-state index in [4.69, 9.17) is 0 Å². The third kappa shape index (κ3) is 2.41. The van der Waals surface area contributed by atoms with E-state index in [0.29, 0.717) is 5.92 Å². The number of carboxylic acid groups (broad SMARTS) is 1. The molecular formula is C14H26O2. The van der Waals surface area contributed by atoms with Crippen molar-refractivity contribution in [2.75, 3.05) is 0 Å². The Bertz CT molecular complexity index is 223. The van der Waals surface area contributed by atoms with Gasteiger partial charge in [0.25, 0.3) is 0 Å². The number of aliphatic carboxylic acids is 1. The standard InChI is InChI=1S/C14H26O2/c1-4-11-7-9-14(10-8-11,13(15)16)12(5-2)6-3/h11-12H,4-10H2,1-3H3,(H,15,16). The van der Waals surface area contributed by atoms with E-state index in [2.05, 4.69) is 20.8 Å². The van der Waals surface area contributed by atoms with Crippen LogP contribution in [0.3, 0.4) is 0 Å². The van der Waals surface area contributed by atoms with Crippen LogP contribution in [-0.2, 0) is 4.79 Å². The molecule has 0 aromatic carbocycles. The van der Waals surface area contributed by atoms with Crippen LogP contribution in [0.15, 0.2) is 0 Å². The van der Waals surface area contributed by atoms with Crippen molar-refractivity contribution in [2.24, 2.45) is 17.3 Å². The van der Waals surface area contributed by atoms with Crippen LogP contribution >= 0.6 is 0 Å². The molecule has 0 amide bonds. The van der Waals surface area contributed by atoms with Crippen LogP contribution in [0.2, 0.25) is 0 Å². The number of carbonyl (C=O) groups is 1. The van der Waals surface area contributed by atoms with Crippen molar-refractivity contribution in [3.05, 3.63) is 0 Å². The summed E-state index contributed by atoms with van der Waals surface area (Å²) in [6.45, 7) is 6.48. The summed E-state index contributed by atoms with van der Waals surface area (Å²) in [5.74, 6) is 0.584. The zero-order valence-corrected chi connectivity index (χ0v) is 11.0. The van der Waals surface area contributed by atoms with Gasteiger partial charge in [-0.05, 0) is 37.5 Å². The number of rotatable bonds is 5. The van der Waals surface area contributed by atoms with E-state index in [1.165, 1.54) is 6.42 Å². The molecule has 1 aliphatic rings. The molecule has 0 bridgehead atoms. The smallest absolute Gasteiger partial charge is 0.309 e. The minimum absolute atomic E-state index is 0.364. The lowest BCUT2D eigenvalue weighted by molar-refractivity contribution is -0.156. The summed E-state index contributed by atoms with van der Waals surface area (Å²) in [6.07, 6.45) is 7.22. The Labute approximate surface area is 99.4 Å². The molecule has 0 unspecified atom stereocenters. The maximum atomic E-state index is 11.6. The molecule has 0 heterocycles. The van der Waals surface area contributed by atoms with E-state index in [1.807, 2.05) is 0 Å². The first-order valence-corrected chi connectivity index (χ1v) is 6.84. The summed E-state index contributed by atoms with van der Waals surface area (Å²) in [7, 11) is 0. The molecule has 0 atom stereocenters. The molecule has 1 N–H and O–H groups in total. The SMILES string of the molecule is CCC1CCC(C(=O)O)(C(CC)CC)CC1. The van der Waals surface area contributed by atoms with Crippen molar-refractivity contribution < 1.29 is 9.90 Å². The van der Waals surface area contributed by atoms with Crippen LogP contribution in [0.1, 0.15) is 65.7 Å². The zero-order valence-electron chi connectivity index (χ0n) is 11.0. The Morgan fingerprint density at radius 2 is 1.75 bits per heavy atom. The van der Waals surface area contributed by atoms with Gasteiger partial charge in [-0.2, -0.15) is 0 Å². The highest BCUT2D eigenvalue weighted by molar-refractivity contribution is 5.75. The molecule has 0 aliphatic heterocycles. The average molecular weight is 226 g/mol. The van der Waals surface area contributed by atoms with E-state index in [9.17, 15) is 9.90 Å². The van der Waals surface area contributed by atoms with Crippen LogP contribution < -0.4 is 0 Å². The Morgan fingerprint density at radius 3 is 2.06 bits per heavy atom. The van der Waals surface area contributed by atoms with Gasteiger partial charge in [-0.1, -0.05) is 40.0 Å². The summed E-state index contributed by atoms with van der Waals surface area (Å²) in [5.41, 5.74) is -0.408. The Balaban J connectivity index is 2.79. The van der Waals surface area contributed by atoms with Gasteiger partial charge in [0.15, 0.2) is 0 Å². The van der Waals surface area contributed by atoms with E-state index in [0.717, 1.165) is 44.4 Å². The van der Waals surface area contributed by atoms with E-state index < -0.39 is 11.4 Å². The predicted octanol–water partition coefficient (Wildman–Crippen LogP) is 4.09. The molecule has 1 aliphatic carbocycles. The van der Waals surface area contributed by atoms with E-state index in [-0.39, 0.29) is 0 Å². The summed E-state index contributed by atoms with van der Waals surface area (Å²) in [6, 6.07) is 0. The first-order valence-electron chi connectivity index (χ1n) is 6.84. The summed E-state index contributed by atoms with van der Waals surface area (Å²) in [5, 5.41) is 9.58. The maximum absolute atomic E-state index is 11.6. The van der Waals surface area contributed by atoms with Crippen molar-refractivity contribution in [3.63, 3.8) is 0 Å². The van der Waals surface area contributed by atoms with Gasteiger partial charge in [0.1, 0.15) is 0 Å². The molecule has 1 rings (SSSR count). The highest BCUT2D eigenvalue weighted by Gasteiger charge is 2.46. The summed E-state index contributed by atoms with van der Waals surface area (Å²) >= 11 is 0. The van der Waals surface area contributed by atoms with E-state index in [1.54, 1.807) is 0 Å². The van der Waals surface area contributed by atoms with Gasteiger partial charge in [0.2, 0.25) is 0 Å². The van der Waals surface area contributed by atoms with Crippen LogP contribution in [-0.4, -0.2) is 11.1 Å². The van der Waals surface area contributed by atoms with Gasteiger partial charge < -0.3 is 5.11 Å². The van der Waals surface area contributed by atoms with Crippen LogP contribution in [0.25, 0.3) is 0 Å². The lowest BCUT2D eigenvalue weighted by atomic mass is 9.62. The molecule has 1 fully saturated rings. The van der Waals surface area contributed by atoms with Gasteiger partial charge in [-0.3, -0.25) is 4.79 Å². The fraction of sp³-hybridized carbons (Fsp3) is 0.929. The minimum Gasteiger partial charge on any atom is -0.481 e. The third-order valence-corrected chi connectivity index (χ3v) is 4.77. The zero-order chi connectivity index (χ0) is 12.2. The number of hydrogen-bond donors (Lipinski definition) is 1. The molecule has 0 saturated heterocycles. The van der Waals surface area contributed by atoms with Gasteiger partial charge in [0.05, 0.1) is 5.41 Å².